The summed E-state index contributed by atoms with van der Waals surface area (Å²) >= 11 is 0. The van der Waals surface area contributed by atoms with Gasteiger partial charge in [0.25, 0.3) is 0 Å². The summed E-state index contributed by atoms with van der Waals surface area (Å²) in [6.07, 6.45) is 4.26. The van der Waals surface area contributed by atoms with Gasteiger partial charge in [-0.1, -0.05) is 26.8 Å². The molecule has 0 aromatic heterocycles. The number of nitrogens with one attached hydrogen (secondary N) is 1. The lowest BCUT2D eigenvalue weighted by Gasteiger charge is -1.85. The average Bonchev–Trinajstić information content (AvgIpc) is 2.04. The first-order valence-electron chi connectivity index (χ1n) is 3.69. The van der Waals surface area contributed by atoms with Gasteiger partial charge in [0.15, 0.2) is 0 Å². The summed E-state index contributed by atoms with van der Waals surface area (Å²) in [5.41, 5.74) is 0. The molecule has 2 nitrogen and oxygen atoms in total. The third-order valence-electron chi connectivity index (χ3n) is 0.751. The summed E-state index contributed by atoms with van der Waals surface area (Å²) in [5, 5.41) is 2.47. The van der Waals surface area contributed by atoms with Crippen LogP contribution in [0.3, 0.4) is 0 Å². The quantitative estimate of drug-likeness (QED) is 0.586. The minimum atomic E-state index is -0.0353. The van der Waals surface area contributed by atoms with Crippen molar-refractivity contribution in [2.45, 2.75) is 27.2 Å². The van der Waals surface area contributed by atoms with Crippen LogP contribution in [0.25, 0.3) is 0 Å². The van der Waals surface area contributed by atoms with E-state index in [1.807, 2.05) is 26.8 Å². The molecule has 0 bridgehead atoms. The molecule has 10 heavy (non-hydrogen) atoms. The standard InChI is InChI=1S/C6H11NO.C2H6/c1-3-4-5-6(8)7-2;1-2/h4-5H,3H2,1-2H3,(H,7,8);1-2H3/b5-4+;. The van der Waals surface area contributed by atoms with Gasteiger partial charge < -0.3 is 5.32 Å². The summed E-state index contributed by atoms with van der Waals surface area (Å²) in [7, 11) is 1.61. The number of hydrogen-bond donors (Lipinski definition) is 1. The molecule has 0 fully saturated rings. The number of amides is 1. The van der Waals surface area contributed by atoms with E-state index < -0.39 is 0 Å². The Balaban J connectivity index is 0. The van der Waals surface area contributed by atoms with Crippen LogP contribution in [0.1, 0.15) is 27.2 Å². The first-order valence-corrected chi connectivity index (χ1v) is 3.69. The van der Waals surface area contributed by atoms with Gasteiger partial charge in [-0.05, 0) is 12.5 Å². The predicted molar refractivity (Wildman–Crippen MR) is 44.8 cm³/mol. The summed E-state index contributed by atoms with van der Waals surface area (Å²) in [6, 6.07) is 0. The number of carbonyl (C=O) groups is 1. The smallest absolute Gasteiger partial charge is 0.243 e. The van der Waals surface area contributed by atoms with E-state index in [-0.39, 0.29) is 5.91 Å². The molecule has 0 aliphatic heterocycles. The molecule has 2 heteroatoms. The number of likely N-dealkylation sites (N-methyl/N-ethyl adjacent to an activating group) is 1. The van der Waals surface area contributed by atoms with Crippen molar-refractivity contribution >= 4 is 5.91 Å². The maximum atomic E-state index is 10.4. The summed E-state index contributed by atoms with van der Waals surface area (Å²) < 4.78 is 0. The Morgan fingerprint density at radius 1 is 1.50 bits per heavy atom. The van der Waals surface area contributed by atoms with Gasteiger partial charge in [0.1, 0.15) is 0 Å². The Kier molecular flexibility index (Phi) is 13.2. The molecule has 1 amide bonds. The third-order valence-corrected chi connectivity index (χ3v) is 0.751. The van der Waals surface area contributed by atoms with Crippen molar-refractivity contribution in [3.05, 3.63) is 12.2 Å². The van der Waals surface area contributed by atoms with Crippen LogP contribution in [0.5, 0.6) is 0 Å². The van der Waals surface area contributed by atoms with Crippen molar-refractivity contribution in [1.82, 2.24) is 5.32 Å². The fraction of sp³-hybridized carbons (Fsp3) is 0.625. The SMILES string of the molecule is CC.CC/C=C/C(=O)NC. The molecule has 0 radical (unpaired) electrons. The van der Waals surface area contributed by atoms with Crippen molar-refractivity contribution in [2.75, 3.05) is 7.05 Å². The molecule has 1 N–H and O–H groups in total. The van der Waals surface area contributed by atoms with Gasteiger partial charge in [-0.3, -0.25) is 4.79 Å². The zero-order chi connectivity index (χ0) is 8.41. The van der Waals surface area contributed by atoms with E-state index in [0.717, 1.165) is 6.42 Å². The normalized spacial score (nSPS) is 8.40. The number of carbonyl (C=O) groups excluding carboxylic acids is 1. The average molecular weight is 143 g/mol. The molecule has 0 atom stereocenters. The Bertz CT molecular complexity index is 97.4. The van der Waals surface area contributed by atoms with E-state index in [9.17, 15) is 4.79 Å². The van der Waals surface area contributed by atoms with Gasteiger partial charge in [0.05, 0.1) is 0 Å². The van der Waals surface area contributed by atoms with Crippen molar-refractivity contribution in [2.24, 2.45) is 0 Å². The predicted octanol–water partition coefficient (Wildman–Crippen LogP) is 1.72. The molecular weight excluding hydrogens is 126 g/mol. The van der Waals surface area contributed by atoms with Crippen LogP contribution in [-0.2, 0) is 4.79 Å². The Morgan fingerprint density at radius 2 is 2.00 bits per heavy atom. The van der Waals surface area contributed by atoms with Crippen LogP contribution in [0.4, 0.5) is 0 Å². The minimum absolute atomic E-state index is 0.0353. The highest BCUT2D eigenvalue weighted by Crippen LogP contribution is 1.77. The first kappa shape index (κ1) is 11.9. The van der Waals surface area contributed by atoms with Crippen LogP contribution in [0, 0.1) is 0 Å². The molecular formula is C8H17NO. The maximum absolute atomic E-state index is 10.4. The Morgan fingerprint density at radius 3 is 2.30 bits per heavy atom. The summed E-state index contributed by atoms with van der Waals surface area (Å²) in [5.74, 6) is -0.0353. The molecule has 0 aliphatic rings. The van der Waals surface area contributed by atoms with E-state index in [4.69, 9.17) is 0 Å². The first-order chi connectivity index (χ1) is 4.81. The Labute approximate surface area is 63.3 Å². The topological polar surface area (TPSA) is 29.1 Å². The van der Waals surface area contributed by atoms with Gasteiger partial charge in [-0.2, -0.15) is 0 Å². The molecule has 0 unspecified atom stereocenters. The summed E-state index contributed by atoms with van der Waals surface area (Å²) in [4.78, 5) is 10.4. The summed E-state index contributed by atoms with van der Waals surface area (Å²) in [6.45, 7) is 5.99. The second-order valence-corrected chi connectivity index (χ2v) is 1.42. The van der Waals surface area contributed by atoms with Gasteiger partial charge in [-0.25, -0.2) is 0 Å². The van der Waals surface area contributed by atoms with Crippen LogP contribution >= 0.6 is 0 Å². The highest BCUT2D eigenvalue weighted by atomic mass is 16.1. The molecule has 0 aromatic carbocycles. The van der Waals surface area contributed by atoms with Gasteiger partial charge in [0.2, 0.25) is 5.91 Å². The van der Waals surface area contributed by atoms with Gasteiger partial charge in [0, 0.05) is 7.05 Å². The van der Waals surface area contributed by atoms with Crippen molar-refractivity contribution in [3.63, 3.8) is 0 Å². The fourth-order valence-electron chi connectivity index (χ4n) is 0.308. The van der Waals surface area contributed by atoms with E-state index >= 15 is 0 Å². The second-order valence-electron chi connectivity index (χ2n) is 1.42. The van der Waals surface area contributed by atoms with Crippen molar-refractivity contribution in [1.29, 1.82) is 0 Å². The number of rotatable bonds is 2. The monoisotopic (exact) mass is 143 g/mol. The molecule has 0 heterocycles. The number of hydrogen-bond acceptors (Lipinski definition) is 1. The van der Waals surface area contributed by atoms with E-state index in [1.165, 1.54) is 6.08 Å². The largest absolute Gasteiger partial charge is 0.356 e. The lowest BCUT2D eigenvalue weighted by atomic mass is 10.4. The zero-order valence-electron chi connectivity index (χ0n) is 7.27. The Hall–Kier alpha value is -0.790. The number of allylic oxidation sites excluding steroid dienone is 1. The molecule has 0 aliphatic carbocycles. The highest BCUT2D eigenvalue weighted by Gasteiger charge is 1.82. The van der Waals surface area contributed by atoms with Crippen LogP contribution < -0.4 is 5.32 Å². The van der Waals surface area contributed by atoms with Gasteiger partial charge in [-0.15, -0.1) is 0 Å². The van der Waals surface area contributed by atoms with E-state index in [1.54, 1.807) is 7.05 Å². The second kappa shape index (κ2) is 11.1. The molecule has 0 saturated heterocycles. The van der Waals surface area contributed by atoms with Crippen LogP contribution in [0.15, 0.2) is 12.2 Å². The van der Waals surface area contributed by atoms with Crippen molar-refractivity contribution in [3.8, 4) is 0 Å². The van der Waals surface area contributed by atoms with Gasteiger partial charge >= 0.3 is 0 Å². The van der Waals surface area contributed by atoms with Crippen LogP contribution in [0.2, 0.25) is 0 Å². The van der Waals surface area contributed by atoms with Crippen molar-refractivity contribution < 1.29 is 4.79 Å². The van der Waals surface area contributed by atoms with E-state index in [0.29, 0.717) is 0 Å². The highest BCUT2D eigenvalue weighted by molar-refractivity contribution is 5.87. The zero-order valence-corrected chi connectivity index (χ0v) is 7.27. The lowest BCUT2D eigenvalue weighted by Crippen LogP contribution is -2.13. The molecule has 0 saturated carbocycles. The minimum Gasteiger partial charge on any atom is -0.356 e. The lowest BCUT2D eigenvalue weighted by molar-refractivity contribution is -0.116. The maximum Gasteiger partial charge on any atom is 0.243 e. The molecule has 0 aromatic rings. The van der Waals surface area contributed by atoms with E-state index in [2.05, 4.69) is 5.32 Å². The molecule has 60 valence electrons. The molecule has 0 rings (SSSR count). The third kappa shape index (κ3) is 10.2. The van der Waals surface area contributed by atoms with Crippen LogP contribution in [-0.4, -0.2) is 13.0 Å². The fourth-order valence-corrected chi connectivity index (χ4v) is 0.308. The molecule has 0 spiro atoms.